The summed E-state index contributed by atoms with van der Waals surface area (Å²) in [6, 6.07) is 2.22. The van der Waals surface area contributed by atoms with E-state index in [1.54, 1.807) is 6.20 Å². The van der Waals surface area contributed by atoms with Gasteiger partial charge in [-0.25, -0.2) is 4.98 Å². The maximum atomic E-state index is 12.7. The number of aryl methyl sites for hydroxylation is 1. The van der Waals surface area contributed by atoms with Crippen LogP contribution in [0.2, 0.25) is 0 Å². The number of pyridine rings is 1. The van der Waals surface area contributed by atoms with Gasteiger partial charge in [0.25, 0.3) is 5.91 Å². The van der Waals surface area contributed by atoms with E-state index in [2.05, 4.69) is 18.8 Å². The lowest BCUT2D eigenvalue weighted by molar-refractivity contribution is -0.136. The van der Waals surface area contributed by atoms with Gasteiger partial charge in [-0.05, 0) is 62.5 Å². The first-order chi connectivity index (χ1) is 12.1. The number of ether oxygens (including phenoxy) is 2. The molecule has 5 nitrogen and oxygen atoms in total. The molecule has 136 valence electrons. The van der Waals surface area contributed by atoms with Crippen molar-refractivity contribution >= 4 is 5.91 Å². The van der Waals surface area contributed by atoms with Crippen LogP contribution in [0.5, 0.6) is 5.88 Å². The van der Waals surface area contributed by atoms with E-state index in [1.165, 1.54) is 11.1 Å². The molecule has 0 spiro atoms. The molecule has 1 aromatic heterocycles. The molecule has 3 aliphatic heterocycles. The molecule has 2 bridgehead atoms. The molecule has 25 heavy (non-hydrogen) atoms. The second kappa shape index (κ2) is 6.94. The predicted molar refractivity (Wildman–Crippen MR) is 94.7 cm³/mol. The summed E-state index contributed by atoms with van der Waals surface area (Å²) in [5.74, 6) is 1.65. The molecule has 0 unspecified atom stereocenters. The summed E-state index contributed by atoms with van der Waals surface area (Å²) >= 11 is 0. The van der Waals surface area contributed by atoms with Crippen molar-refractivity contribution in [1.29, 1.82) is 0 Å². The Labute approximate surface area is 149 Å². The fourth-order valence-corrected chi connectivity index (χ4v) is 4.69. The van der Waals surface area contributed by atoms with E-state index in [1.807, 2.05) is 11.0 Å². The van der Waals surface area contributed by atoms with E-state index < -0.39 is 0 Å². The summed E-state index contributed by atoms with van der Waals surface area (Å²) in [5, 5.41) is 0. The van der Waals surface area contributed by atoms with Gasteiger partial charge >= 0.3 is 0 Å². The highest BCUT2D eigenvalue weighted by molar-refractivity contribution is 5.78. The molecule has 4 aliphatic rings. The molecule has 5 rings (SSSR count). The van der Waals surface area contributed by atoms with Crippen LogP contribution in [-0.4, -0.2) is 47.7 Å². The fourth-order valence-electron chi connectivity index (χ4n) is 4.69. The number of nitrogens with zero attached hydrogens (tertiary/aromatic N) is 2. The van der Waals surface area contributed by atoms with Gasteiger partial charge in [0, 0.05) is 18.3 Å². The van der Waals surface area contributed by atoms with Crippen molar-refractivity contribution in [3.63, 3.8) is 0 Å². The van der Waals surface area contributed by atoms with E-state index in [0.29, 0.717) is 30.4 Å². The van der Waals surface area contributed by atoms with Crippen LogP contribution in [0.15, 0.2) is 12.3 Å². The lowest BCUT2D eigenvalue weighted by Crippen LogP contribution is -2.43. The minimum Gasteiger partial charge on any atom is -0.467 e. The molecule has 1 aromatic rings. The molecule has 0 N–H and O–H groups in total. The second-order valence-electron chi connectivity index (χ2n) is 7.86. The fraction of sp³-hybridized carbons (Fsp3) is 0.700. The summed E-state index contributed by atoms with van der Waals surface area (Å²) in [7, 11) is 0. The van der Waals surface area contributed by atoms with Crippen LogP contribution in [0.3, 0.4) is 0 Å². The Balaban J connectivity index is 1.64. The van der Waals surface area contributed by atoms with Gasteiger partial charge in [-0.15, -0.1) is 0 Å². The average Bonchev–Trinajstić information content (AvgIpc) is 2.99. The zero-order valence-electron chi connectivity index (χ0n) is 15.2. The summed E-state index contributed by atoms with van der Waals surface area (Å²) in [5.41, 5.74) is 2.41. The Morgan fingerprint density at radius 2 is 2.00 bits per heavy atom. The predicted octanol–water partition coefficient (Wildman–Crippen LogP) is 3.06. The van der Waals surface area contributed by atoms with Gasteiger partial charge in [0.05, 0.1) is 18.8 Å². The van der Waals surface area contributed by atoms with Crippen molar-refractivity contribution in [2.75, 3.05) is 19.8 Å². The Morgan fingerprint density at radius 3 is 2.80 bits per heavy atom. The number of carbonyl (C=O) groups is 1. The van der Waals surface area contributed by atoms with Crippen LogP contribution in [0.1, 0.15) is 56.1 Å². The highest BCUT2D eigenvalue weighted by Gasteiger charge is 2.36. The van der Waals surface area contributed by atoms with Crippen LogP contribution in [0, 0.1) is 12.8 Å². The monoisotopic (exact) mass is 344 g/mol. The first-order valence-electron chi connectivity index (χ1n) is 9.63. The van der Waals surface area contributed by atoms with Crippen molar-refractivity contribution in [2.24, 2.45) is 5.92 Å². The lowest BCUT2D eigenvalue weighted by atomic mass is 9.81. The normalized spacial score (nSPS) is 32.9. The van der Waals surface area contributed by atoms with E-state index in [4.69, 9.17) is 9.47 Å². The molecular formula is C20H28N2O3. The number of rotatable bonds is 0. The third-order valence-corrected chi connectivity index (χ3v) is 6.29. The van der Waals surface area contributed by atoms with E-state index in [-0.39, 0.29) is 18.6 Å². The molecule has 1 saturated heterocycles. The van der Waals surface area contributed by atoms with Crippen molar-refractivity contribution in [3.8, 4) is 5.88 Å². The van der Waals surface area contributed by atoms with Crippen LogP contribution >= 0.6 is 0 Å². The molecule has 2 atom stereocenters. The van der Waals surface area contributed by atoms with E-state index in [0.717, 1.165) is 38.6 Å². The van der Waals surface area contributed by atoms with Gasteiger partial charge < -0.3 is 14.4 Å². The molecule has 1 saturated carbocycles. The van der Waals surface area contributed by atoms with Gasteiger partial charge in [0.2, 0.25) is 5.88 Å². The number of aromatic nitrogens is 1. The van der Waals surface area contributed by atoms with Crippen LogP contribution < -0.4 is 4.74 Å². The maximum absolute atomic E-state index is 12.7. The van der Waals surface area contributed by atoms with Gasteiger partial charge in [0.1, 0.15) is 0 Å². The minimum absolute atomic E-state index is 0.0544. The summed E-state index contributed by atoms with van der Waals surface area (Å²) in [6.45, 7) is 5.87. The molecule has 5 heteroatoms. The minimum atomic E-state index is 0.0544. The summed E-state index contributed by atoms with van der Waals surface area (Å²) in [4.78, 5) is 19.2. The first-order valence-corrected chi connectivity index (χ1v) is 9.63. The van der Waals surface area contributed by atoms with Crippen molar-refractivity contribution < 1.29 is 14.3 Å². The third-order valence-electron chi connectivity index (χ3n) is 6.29. The molecule has 2 fully saturated rings. The zero-order valence-corrected chi connectivity index (χ0v) is 15.2. The largest absolute Gasteiger partial charge is 0.467 e. The number of hydrogen-bond acceptors (Lipinski definition) is 4. The molecular weight excluding hydrogens is 316 g/mol. The molecule has 4 heterocycles. The molecule has 1 aliphatic carbocycles. The summed E-state index contributed by atoms with van der Waals surface area (Å²) < 4.78 is 12.2. The number of carbonyl (C=O) groups excluding carboxylic acids is 1. The number of hydrogen-bond donors (Lipinski definition) is 0. The van der Waals surface area contributed by atoms with Crippen molar-refractivity contribution in [1.82, 2.24) is 9.88 Å². The third kappa shape index (κ3) is 3.26. The van der Waals surface area contributed by atoms with Gasteiger partial charge in [-0.2, -0.15) is 0 Å². The van der Waals surface area contributed by atoms with E-state index >= 15 is 0 Å². The Hall–Kier alpha value is -1.62. The smallest absolute Gasteiger partial charge is 0.260 e. The maximum Gasteiger partial charge on any atom is 0.260 e. The van der Waals surface area contributed by atoms with Crippen molar-refractivity contribution in [3.05, 3.63) is 23.4 Å². The quantitative estimate of drug-likeness (QED) is 0.726. The Bertz CT molecular complexity index is 640. The van der Waals surface area contributed by atoms with Crippen LogP contribution in [0.25, 0.3) is 0 Å². The SMILES string of the molecule is Cc1ccnc2c1C1CCC(CC1)OC[C@H]1[C@H](C)CCN1C(=O)CO2. The van der Waals surface area contributed by atoms with Gasteiger partial charge in [-0.3, -0.25) is 4.79 Å². The van der Waals surface area contributed by atoms with Gasteiger partial charge in [-0.1, -0.05) is 6.92 Å². The average molecular weight is 344 g/mol. The highest BCUT2D eigenvalue weighted by Crippen LogP contribution is 2.40. The van der Waals surface area contributed by atoms with Crippen LogP contribution in [0.4, 0.5) is 0 Å². The molecule has 1 amide bonds. The van der Waals surface area contributed by atoms with Crippen LogP contribution in [-0.2, 0) is 9.53 Å². The standard InChI is InChI=1S/C20H28N2O3/c1-13-8-10-22-17(13)11-24-16-5-3-15(4-6-16)19-14(2)7-9-21-20(19)25-12-18(22)23/h7,9,13,15-17H,3-6,8,10-12H2,1-2H3/t13-,15?,16?,17+/m1/s1. The Kier molecular flexibility index (Phi) is 4.67. The molecule has 0 radical (unpaired) electrons. The lowest BCUT2D eigenvalue weighted by Gasteiger charge is -2.31. The second-order valence-corrected chi connectivity index (χ2v) is 7.86. The zero-order chi connectivity index (χ0) is 17.4. The number of amides is 1. The van der Waals surface area contributed by atoms with Crippen molar-refractivity contribution in [2.45, 2.75) is 64.0 Å². The number of fused-ring (bicyclic) bond motifs is 5. The highest BCUT2D eigenvalue weighted by atomic mass is 16.5. The van der Waals surface area contributed by atoms with Gasteiger partial charge in [0.15, 0.2) is 6.61 Å². The molecule has 0 aromatic carbocycles. The first kappa shape index (κ1) is 16.8. The topological polar surface area (TPSA) is 51.7 Å². The Morgan fingerprint density at radius 1 is 1.20 bits per heavy atom. The summed E-state index contributed by atoms with van der Waals surface area (Å²) in [6.07, 6.45) is 7.51. The van der Waals surface area contributed by atoms with E-state index in [9.17, 15) is 4.79 Å².